The van der Waals surface area contributed by atoms with Crippen LogP contribution in [0.15, 0.2) is 61.3 Å². The molecule has 0 bridgehead atoms. The minimum Gasteiger partial charge on any atom is -0.487 e. The van der Waals surface area contributed by atoms with Crippen LogP contribution in [0.25, 0.3) is 0 Å². The monoisotopic (exact) mass is 517 g/mol. The molecular formula is C27H28FN7O3. The largest absolute Gasteiger partial charge is 0.487 e. The van der Waals surface area contributed by atoms with E-state index in [0.717, 1.165) is 18.5 Å². The lowest BCUT2D eigenvalue weighted by atomic mass is 9.92. The van der Waals surface area contributed by atoms with Gasteiger partial charge in [0.05, 0.1) is 23.9 Å². The Morgan fingerprint density at radius 1 is 1.13 bits per heavy atom. The number of hydrogen-bond donors (Lipinski definition) is 3. The average molecular weight is 518 g/mol. The fraction of sp³-hybridized carbons (Fsp3) is 0.259. The summed E-state index contributed by atoms with van der Waals surface area (Å²) in [5.74, 6) is 0.993. The lowest BCUT2D eigenvalue weighted by Crippen LogP contribution is -2.25. The standard InChI is InChI=1S/C27H28FN7O3/c1-35-16-31-13-20(35)14-37-22-10-18(28)11-23(12-22)38-21-4-2-19(3-5-21)34-26-25(32-15-33-27(26)30)24(29)17-6-8-36-9-7-17/h2-5,10-13,15-17,29,34H,6-9,14H2,1H3,(H2,30,32,33). The summed E-state index contributed by atoms with van der Waals surface area (Å²) in [6.07, 6.45) is 6.27. The first-order chi connectivity index (χ1) is 18.5. The van der Waals surface area contributed by atoms with Crippen molar-refractivity contribution in [1.29, 1.82) is 5.41 Å². The number of hydrogen-bond acceptors (Lipinski definition) is 9. The second-order valence-corrected chi connectivity index (χ2v) is 8.94. The number of nitrogens with one attached hydrogen (secondary N) is 2. The molecule has 0 amide bonds. The highest BCUT2D eigenvalue weighted by atomic mass is 19.1. The zero-order valence-corrected chi connectivity index (χ0v) is 20.9. The molecule has 0 saturated carbocycles. The van der Waals surface area contributed by atoms with Gasteiger partial charge in [-0.1, -0.05) is 0 Å². The van der Waals surface area contributed by atoms with Crippen molar-refractivity contribution in [3.05, 3.63) is 78.5 Å². The highest BCUT2D eigenvalue weighted by molar-refractivity contribution is 6.05. The molecule has 0 aliphatic carbocycles. The Kier molecular flexibility index (Phi) is 7.45. The van der Waals surface area contributed by atoms with Crippen molar-refractivity contribution >= 4 is 22.9 Å². The number of rotatable bonds is 9. The van der Waals surface area contributed by atoms with Crippen molar-refractivity contribution in [3.8, 4) is 17.2 Å². The van der Waals surface area contributed by atoms with Crippen LogP contribution in [0, 0.1) is 17.1 Å². The van der Waals surface area contributed by atoms with Gasteiger partial charge in [0, 0.05) is 50.1 Å². The van der Waals surface area contributed by atoms with Crippen LogP contribution in [0.1, 0.15) is 24.2 Å². The minimum absolute atomic E-state index is 0.0543. The number of aryl methyl sites for hydroxylation is 1. The van der Waals surface area contributed by atoms with E-state index in [-0.39, 0.29) is 18.3 Å². The summed E-state index contributed by atoms with van der Waals surface area (Å²) in [4.78, 5) is 12.5. The molecule has 4 N–H and O–H groups in total. The fourth-order valence-electron chi connectivity index (χ4n) is 4.15. The number of nitrogens with two attached hydrogens (primary N) is 1. The van der Waals surface area contributed by atoms with Crippen LogP contribution in [-0.2, 0) is 18.4 Å². The van der Waals surface area contributed by atoms with E-state index in [9.17, 15) is 4.39 Å². The second kappa shape index (κ2) is 11.3. The molecule has 0 radical (unpaired) electrons. The molecule has 0 atom stereocenters. The van der Waals surface area contributed by atoms with Crippen LogP contribution >= 0.6 is 0 Å². The molecule has 3 heterocycles. The molecule has 0 spiro atoms. The molecule has 11 heteroatoms. The predicted octanol–water partition coefficient (Wildman–Crippen LogP) is 4.84. The van der Waals surface area contributed by atoms with Gasteiger partial charge in [-0.15, -0.1) is 0 Å². The summed E-state index contributed by atoms with van der Waals surface area (Å²) in [6, 6.07) is 11.3. The average Bonchev–Trinajstić information content (AvgIpc) is 3.34. The van der Waals surface area contributed by atoms with Crippen molar-refractivity contribution in [3.63, 3.8) is 0 Å². The number of halogens is 1. The normalized spacial score (nSPS) is 13.7. The van der Waals surface area contributed by atoms with Crippen LogP contribution in [0.5, 0.6) is 17.2 Å². The highest BCUT2D eigenvalue weighted by Gasteiger charge is 2.24. The smallest absolute Gasteiger partial charge is 0.151 e. The SMILES string of the molecule is Cn1cncc1COc1cc(F)cc(Oc2ccc(Nc3c(N)ncnc3C(=N)C3CCOCC3)cc2)c1. The zero-order chi connectivity index (χ0) is 26.5. The lowest BCUT2D eigenvalue weighted by Gasteiger charge is -2.24. The highest BCUT2D eigenvalue weighted by Crippen LogP contribution is 2.31. The van der Waals surface area contributed by atoms with Crippen molar-refractivity contribution in [1.82, 2.24) is 19.5 Å². The van der Waals surface area contributed by atoms with Crippen LogP contribution in [0.4, 0.5) is 21.6 Å². The molecule has 5 rings (SSSR count). The summed E-state index contributed by atoms with van der Waals surface area (Å²) in [5, 5.41) is 11.9. The Labute approximate surface area is 219 Å². The lowest BCUT2D eigenvalue weighted by molar-refractivity contribution is 0.0827. The molecule has 1 aliphatic rings. The maximum atomic E-state index is 14.2. The Hall–Kier alpha value is -4.51. The van der Waals surface area contributed by atoms with Gasteiger partial charge in [0.15, 0.2) is 5.82 Å². The van der Waals surface area contributed by atoms with Crippen LogP contribution in [-0.4, -0.2) is 38.4 Å². The molecule has 2 aromatic carbocycles. The molecule has 1 fully saturated rings. The number of imidazole rings is 1. The quantitative estimate of drug-likeness (QED) is 0.269. The van der Waals surface area contributed by atoms with Crippen LogP contribution in [0.2, 0.25) is 0 Å². The summed E-state index contributed by atoms with van der Waals surface area (Å²) in [5.41, 5.74) is 9.09. The first-order valence-corrected chi connectivity index (χ1v) is 12.2. The summed E-state index contributed by atoms with van der Waals surface area (Å²) < 4.78 is 33.1. The Morgan fingerprint density at radius 2 is 1.89 bits per heavy atom. The second-order valence-electron chi connectivity index (χ2n) is 8.94. The van der Waals surface area contributed by atoms with Crippen molar-refractivity contribution in [2.75, 3.05) is 24.3 Å². The Bertz CT molecular complexity index is 1420. The molecular weight excluding hydrogens is 489 g/mol. The first-order valence-electron chi connectivity index (χ1n) is 12.2. The number of benzene rings is 2. The molecule has 38 heavy (non-hydrogen) atoms. The first kappa shape index (κ1) is 25.2. The van der Waals surface area contributed by atoms with Crippen molar-refractivity contribution in [2.45, 2.75) is 19.4 Å². The van der Waals surface area contributed by atoms with E-state index in [1.54, 1.807) is 42.9 Å². The van der Waals surface area contributed by atoms with Gasteiger partial charge in [-0.2, -0.15) is 0 Å². The van der Waals surface area contributed by atoms with Gasteiger partial charge in [-0.25, -0.2) is 19.3 Å². The summed E-state index contributed by atoms with van der Waals surface area (Å²) in [7, 11) is 1.86. The number of nitrogens with zero attached hydrogens (tertiary/aromatic N) is 4. The van der Waals surface area contributed by atoms with E-state index in [1.807, 2.05) is 11.6 Å². The number of nitrogen functional groups attached to an aromatic ring is 1. The molecule has 196 valence electrons. The third-order valence-electron chi connectivity index (χ3n) is 6.27. The zero-order valence-electron chi connectivity index (χ0n) is 20.9. The van der Waals surface area contributed by atoms with Gasteiger partial charge >= 0.3 is 0 Å². The molecule has 1 saturated heterocycles. The Morgan fingerprint density at radius 3 is 2.63 bits per heavy atom. The van der Waals surface area contributed by atoms with Gasteiger partial charge in [0.1, 0.15) is 47.4 Å². The van der Waals surface area contributed by atoms with Gasteiger partial charge in [0.2, 0.25) is 0 Å². The van der Waals surface area contributed by atoms with Gasteiger partial charge < -0.3 is 35.2 Å². The molecule has 0 unspecified atom stereocenters. The molecule has 2 aromatic heterocycles. The van der Waals surface area contributed by atoms with Crippen molar-refractivity contribution < 1.29 is 18.6 Å². The van der Waals surface area contributed by atoms with Gasteiger partial charge in [0.25, 0.3) is 0 Å². The topological polar surface area (TPSA) is 133 Å². The van der Waals surface area contributed by atoms with Crippen molar-refractivity contribution in [2.24, 2.45) is 13.0 Å². The number of anilines is 3. The van der Waals surface area contributed by atoms with E-state index in [4.69, 9.17) is 25.4 Å². The van der Waals surface area contributed by atoms with Gasteiger partial charge in [-0.3, -0.25) is 0 Å². The predicted molar refractivity (Wildman–Crippen MR) is 141 cm³/mol. The third kappa shape index (κ3) is 5.89. The maximum absolute atomic E-state index is 14.2. The van der Waals surface area contributed by atoms with E-state index < -0.39 is 5.82 Å². The molecule has 4 aromatic rings. The van der Waals surface area contributed by atoms with Crippen LogP contribution < -0.4 is 20.5 Å². The molecule has 10 nitrogen and oxygen atoms in total. The number of ether oxygens (including phenoxy) is 3. The summed E-state index contributed by atoms with van der Waals surface area (Å²) >= 11 is 0. The fourth-order valence-corrected chi connectivity index (χ4v) is 4.15. The molecule has 1 aliphatic heterocycles. The third-order valence-corrected chi connectivity index (χ3v) is 6.27. The maximum Gasteiger partial charge on any atom is 0.151 e. The van der Waals surface area contributed by atoms with E-state index in [2.05, 4.69) is 20.3 Å². The van der Waals surface area contributed by atoms with E-state index >= 15 is 0 Å². The number of aromatic nitrogens is 4. The summed E-state index contributed by atoms with van der Waals surface area (Å²) in [6.45, 7) is 1.50. The Balaban J connectivity index is 1.27. The van der Waals surface area contributed by atoms with E-state index in [1.165, 1.54) is 18.5 Å². The van der Waals surface area contributed by atoms with Crippen LogP contribution in [0.3, 0.4) is 0 Å². The minimum atomic E-state index is -0.472. The van der Waals surface area contributed by atoms with E-state index in [0.29, 0.717) is 53.2 Å². The van der Waals surface area contributed by atoms with Gasteiger partial charge in [-0.05, 0) is 37.1 Å².